The number of hydrogen-bond acceptors (Lipinski definition) is 3. The Kier molecular flexibility index (Phi) is 6.22. The van der Waals surface area contributed by atoms with Crippen molar-refractivity contribution in [3.63, 3.8) is 0 Å². The van der Waals surface area contributed by atoms with Gasteiger partial charge < -0.3 is 10.1 Å². The normalized spacial score (nSPS) is 27.0. The molecule has 0 amide bonds. The van der Waals surface area contributed by atoms with Crippen molar-refractivity contribution in [1.29, 1.82) is 0 Å². The molecule has 1 saturated heterocycles. The van der Waals surface area contributed by atoms with Crippen molar-refractivity contribution < 1.29 is 4.74 Å². The first kappa shape index (κ1) is 12.9. The van der Waals surface area contributed by atoms with Crippen molar-refractivity contribution in [2.24, 2.45) is 0 Å². The molecule has 1 N–H and O–H groups in total. The first-order valence-corrected chi connectivity index (χ1v) is 6.46. The standard InChI is InChI=1S/C10H20N2O.C2H6/c1-2-12-5-6-13-10(8-12)7-11-9-3-4-9;1-2/h9-11H,2-8H2,1H3;1-2H3. The van der Waals surface area contributed by atoms with Gasteiger partial charge in [0.15, 0.2) is 0 Å². The molecule has 0 aromatic heterocycles. The van der Waals surface area contributed by atoms with Crippen LogP contribution in [0.5, 0.6) is 0 Å². The van der Waals surface area contributed by atoms with Gasteiger partial charge in [0.1, 0.15) is 0 Å². The molecule has 0 bridgehead atoms. The van der Waals surface area contributed by atoms with Gasteiger partial charge >= 0.3 is 0 Å². The molecule has 1 unspecified atom stereocenters. The van der Waals surface area contributed by atoms with Gasteiger partial charge in [-0.25, -0.2) is 0 Å². The van der Waals surface area contributed by atoms with Crippen LogP contribution in [0, 0.1) is 0 Å². The molecule has 1 aliphatic carbocycles. The Balaban J connectivity index is 0.000000531. The molecular weight excluding hydrogens is 188 g/mol. The lowest BCUT2D eigenvalue weighted by Gasteiger charge is -2.32. The molecule has 1 heterocycles. The molecule has 1 saturated carbocycles. The molecule has 3 nitrogen and oxygen atoms in total. The van der Waals surface area contributed by atoms with Crippen molar-refractivity contribution in [2.75, 3.05) is 32.8 Å². The molecule has 15 heavy (non-hydrogen) atoms. The van der Waals surface area contributed by atoms with Crippen LogP contribution in [0.15, 0.2) is 0 Å². The number of ether oxygens (including phenoxy) is 1. The third-order valence-electron chi connectivity index (χ3n) is 2.88. The van der Waals surface area contributed by atoms with Crippen molar-refractivity contribution in [3.8, 4) is 0 Å². The van der Waals surface area contributed by atoms with Crippen LogP contribution in [-0.4, -0.2) is 49.8 Å². The Morgan fingerprint density at radius 1 is 1.33 bits per heavy atom. The van der Waals surface area contributed by atoms with Crippen molar-refractivity contribution in [1.82, 2.24) is 10.2 Å². The first-order chi connectivity index (χ1) is 7.38. The maximum atomic E-state index is 5.68. The van der Waals surface area contributed by atoms with Gasteiger partial charge in [-0.1, -0.05) is 20.8 Å². The zero-order chi connectivity index (χ0) is 11.1. The molecule has 2 aliphatic rings. The quantitative estimate of drug-likeness (QED) is 0.767. The first-order valence-electron chi connectivity index (χ1n) is 6.46. The topological polar surface area (TPSA) is 24.5 Å². The van der Waals surface area contributed by atoms with Gasteiger partial charge in [0.2, 0.25) is 0 Å². The van der Waals surface area contributed by atoms with Crippen LogP contribution < -0.4 is 5.32 Å². The summed E-state index contributed by atoms with van der Waals surface area (Å²) < 4.78 is 5.68. The third kappa shape index (κ3) is 4.96. The largest absolute Gasteiger partial charge is 0.374 e. The fourth-order valence-electron chi connectivity index (χ4n) is 1.78. The molecule has 1 atom stereocenters. The van der Waals surface area contributed by atoms with E-state index in [1.807, 2.05) is 13.8 Å². The zero-order valence-corrected chi connectivity index (χ0v) is 10.5. The Hall–Kier alpha value is -0.120. The van der Waals surface area contributed by atoms with E-state index in [9.17, 15) is 0 Å². The van der Waals surface area contributed by atoms with E-state index in [0.29, 0.717) is 6.10 Å². The Labute approximate surface area is 94.2 Å². The number of rotatable bonds is 4. The molecule has 0 radical (unpaired) electrons. The number of likely N-dealkylation sites (N-methyl/N-ethyl adjacent to an activating group) is 1. The molecule has 2 rings (SSSR count). The fourth-order valence-corrected chi connectivity index (χ4v) is 1.78. The van der Waals surface area contributed by atoms with E-state index in [4.69, 9.17) is 4.74 Å². The minimum Gasteiger partial charge on any atom is -0.374 e. The average molecular weight is 214 g/mol. The second-order valence-corrected chi connectivity index (χ2v) is 4.07. The van der Waals surface area contributed by atoms with Crippen LogP contribution in [0.2, 0.25) is 0 Å². The molecular formula is C12H26N2O. The molecule has 3 heteroatoms. The SMILES string of the molecule is CC.CCN1CCOC(CNC2CC2)C1. The molecule has 2 fully saturated rings. The summed E-state index contributed by atoms with van der Waals surface area (Å²) in [5.74, 6) is 0. The van der Waals surface area contributed by atoms with E-state index >= 15 is 0 Å². The predicted octanol–water partition coefficient (Wildman–Crippen LogP) is 1.49. The van der Waals surface area contributed by atoms with Crippen LogP contribution >= 0.6 is 0 Å². The molecule has 1 aliphatic heterocycles. The number of morpholine rings is 1. The Morgan fingerprint density at radius 3 is 2.67 bits per heavy atom. The monoisotopic (exact) mass is 214 g/mol. The maximum absolute atomic E-state index is 5.68. The number of hydrogen-bond donors (Lipinski definition) is 1. The van der Waals surface area contributed by atoms with Gasteiger partial charge in [0.05, 0.1) is 12.7 Å². The summed E-state index contributed by atoms with van der Waals surface area (Å²) in [6.45, 7) is 11.5. The Bertz CT molecular complexity index is 160. The lowest BCUT2D eigenvalue weighted by Crippen LogP contribution is -2.46. The van der Waals surface area contributed by atoms with E-state index in [0.717, 1.165) is 38.8 Å². The molecule has 0 aromatic rings. The van der Waals surface area contributed by atoms with E-state index in [-0.39, 0.29) is 0 Å². The van der Waals surface area contributed by atoms with Crippen molar-refractivity contribution in [2.45, 2.75) is 45.8 Å². The van der Waals surface area contributed by atoms with Gasteiger partial charge in [-0.15, -0.1) is 0 Å². The summed E-state index contributed by atoms with van der Waals surface area (Å²) >= 11 is 0. The summed E-state index contributed by atoms with van der Waals surface area (Å²) in [4.78, 5) is 2.46. The van der Waals surface area contributed by atoms with E-state index in [2.05, 4.69) is 17.1 Å². The Morgan fingerprint density at radius 2 is 2.07 bits per heavy atom. The summed E-state index contributed by atoms with van der Waals surface area (Å²) in [7, 11) is 0. The number of nitrogens with zero attached hydrogens (tertiary/aromatic N) is 1. The second kappa shape index (κ2) is 7.20. The fraction of sp³-hybridized carbons (Fsp3) is 1.00. The van der Waals surface area contributed by atoms with Crippen LogP contribution in [0.1, 0.15) is 33.6 Å². The van der Waals surface area contributed by atoms with E-state index < -0.39 is 0 Å². The highest BCUT2D eigenvalue weighted by Crippen LogP contribution is 2.18. The lowest BCUT2D eigenvalue weighted by molar-refractivity contribution is -0.0253. The van der Waals surface area contributed by atoms with Crippen molar-refractivity contribution in [3.05, 3.63) is 0 Å². The summed E-state index contributed by atoms with van der Waals surface area (Å²) in [6, 6.07) is 0.806. The number of nitrogens with one attached hydrogen (secondary N) is 1. The maximum Gasteiger partial charge on any atom is 0.0826 e. The van der Waals surface area contributed by atoms with Gasteiger partial charge in [0, 0.05) is 25.7 Å². The highest BCUT2D eigenvalue weighted by molar-refractivity contribution is 4.83. The highest BCUT2D eigenvalue weighted by Gasteiger charge is 2.24. The summed E-state index contributed by atoms with van der Waals surface area (Å²) in [6.07, 6.45) is 3.16. The van der Waals surface area contributed by atoms with Crippen LogP contribution in [0.25, 0.3) is 0 Å². The van der Waals surface area contributed by atoms with Gasteiger partial charge in [-0.05, 0) is 19.4 Å². The smallest absolute Gasteiger partial charge is 0.0826 e. The van der Waals surface area contributed by atoms with E-state index in [1.54, 1.807) is 0 Å². The highest BCUT2D eigenvalue weighted by atomic mass is 16.5. The third-order valence-corrected chi connectivity index (χ3v) is 2.88. The molecule has 0 spiro atoms. The van der Waals surface area contributed by atoms with Gasteiger partial charge in [0.25, 0.3) is 0 Å². The molecule has 90 valence electrons. The van der Waals surface area contributed by atoms with Crippen molar-refractivity contribution >= 4 is 0 Å². The predicted molar refractivity (Wildman–Crippen MR) is 64.2 cm³/mol. The minimum absolute atomic E-state index is 0.425. The summed E-state index contributed by atoms with van der Waals surface area (Å²) in [5, 5.41) is 3.52. The lowest BCUT2D eigenvalue weighted by atomic mass is 10.2. The van der Waals surface area contributed by atoms with E-state index in [1.165, 1.54) is 12.8 Å². The summed E-state index contributed by atoms with van der Waals surface area (Å²) in [5.41, 5.74) is 0. The average Bonchev–Trinajstić information content (AvgIpc) is 3.13. The second-order valence-electron chi connectivity index (χ2n) is 4.07. The van der Waals surface area contributed by atoms with Crippen LogP contribution in [0.3, 0.4) is 0 Å². The minimum atomic E-state index is 0.425. The van der Waals surface area contributed by atoms with Crippen LogP contribution in [0.4, 0.5) is 0 Å². The van der Waals surface area contributed by atoms with Crippen LogP contribution in [-0.2, 0) is 4.74 Å². The van der Waals surface area contributed by atoms with Gasteiger partial charge in [-0.3, -0.25) is 4.90 Å². The zero-order valence-electron chi connectivity index (χ0n) is 10.5. The molecule has 0 aromatic carbocycles. The van der Waals surface area contributed by atoms with Gasteiger partial charge in [-0.2, -0.15) is 0 Å².